The molecule has 0 fully saturated rings. The quantitative estimate of drug-likeness (QED) is 0.372. The molecule has 0 bridgehead atoms. The highest BCUT2D eigenvalue weighted by molar-refractivity contribution is 7.18. The number of hydrogen-bond acceptors (Lipinski definition) is 7. The summed E-state index contributed by atoms with van der Waals surface area (Å²) in [5.74, 6) is -1.08. The van der Waals surface area contributed by atoms with Gasteiger partial charge in [-0.05, 0) is 18.2 Å². The zero-order valence-corrected chi connectivity index (χ0v) is 15.6. The number of nitro groups is 1. The molecule has 0 saturated heterocycles. The molecule has 3 rings (SSSR count). The van der Waals surface area contributed by atoms with E-state index >= 15 is 0 Å². The molecule has 1 amide bonds. The van der Waals surface area contributed by atoms with Crippen molar-refractivity contribution < 1.29 is 19.2 Å². The first-order valence-electron chi connectivity index (χ1n) is 7.08. The molecule has 0 radical (unpaired) electrons. The third-order valence-corrected chi connectivity index (χ3v) is 5.65. The topological polar surface area (TPSA) is 104 Å². The van der Waals surface area contributed by atoms with Crippen LogP contribution < -0.4 is 4.80 Å². The fourth-order valence-corrected chi connectivity index (χ4v) is 4.11. The fraction of sp³-hybridized carbons (Fsp3) is 0.133. The van der Waals surface area contributed by atoms with Gasteiger partial charge in [-0.15, -0.1) is 11.3 Å². The predicted molar refractivity (Wildman–Crippen MR) is 97.7 cm³/mol. The Balaban J connectivity index is 2.18. The number of thiazole rings is 1. The number of nitrogens with zero attached hydrogens (tertiary/aromatic N) is 3. The molecule has 0 spiro atoms. The molecule has 0 atom stereocenters. The number of thiophene rings is 1. The Kier molecular flexibility index (Phi) is 5.16. The maximum Gasteiger partial charge on any atom is 0.325 e. The summed E-state index contributed by atoms with van der Waals surface area (Å²) in [4.78, 5) is 39.2. The van der Waals surface area contributed by atoms with Gasteiger partial charge in [-0.3, -0.25) is 19.7 Å². The number of carbonyl (C=O) groups excluding carboxylic acids is 2. The molecule has 3 aromatic rings. The molecular formula is C15H10ClN3O5S2. The molecular weight excluding hydrogens is 402 g/mol. The highest BCUT2D eigenvalue weighted by atomic mass is 35.5. The monoisotopic (exact) mass is 411 g/mol. The summed E-state index contributed by atoms with van der Waals surface area (Å²) in [6.45, 7) is -0.227. The molecule has 0 aliphatic carbocycles. The first kappa shape index (κ1) is 18.2. The maximum atomic E-state index is 12.3. The Labute approximate surface area is 159 Å². The van der Waals surface area contributed by atoms with Crippen molar-refractivity contribution >= 4 is 62.1 Å². The van der Waals surface area contributed by atoms with E-state index < -0.39 is 16.8 Å². The maximum absolute atomic E-state index is 12.3. The highest BCUT2D eigenvalue weighted by Crippen LogP contribution is 2.24. The lowest BCUT2D eigenvalue weighted by atomic mass is 10.3. The number of esters is 1. The molecule has 0 aliphatic heterocycles. The molecule has 0 unspecified atom stereocenters. The van der Waals surface area contributed by atoms with Crippen molar-refractivity contribution in [3.05, 3.63) is 54.5 Å². The number of fused-ring (bicyclic) bond motifs is 1. The van der Waals surface area contributed by atoms with E-state index in [1.807, 2.05) is 0 Å². The van der Waals surface area contributed by atoms with Gasteiger partial charge in [0.25, 0.3) is 11.6 Å². The van der Waals surface area contributed by atoms with E-state index in [4.69, 9.17) is 11.6 Å². The average molecular weight is 412 g/mol. The molecule has 0 saturated carbocycles. The van der Waals surface area contributed by atoms with Gasteiger partial charge in [0.1, 0.15) is 6.54 Å². The third-order valence-electron chi connectivity index (χ3n) is 3.37. The van der Waals surface area contributed by atoms with Gasteiger partial charge in [-0.1, -0.05) is 22.9 Å². The first-order chi connectivity index (χ1) is 12.4. The van der Waals surface area contributed by atoms with Crippen molar-refractivity contribution in [2.24, 2.45) is 4.99 Å². The minimum Gasteiger partial charge on any atom is -0.468 e. The Morgan fingerprint density at radius 3 is 2.69 bits per heavy atom. The van der Waals surface area contributed by atoms with Gasteiger partial charge in [0, 0.05) is 12.1 Å². The summed E-state index contributed by atoms with van der Waals surface area (Å²) in [6, 6.07) is 7.39. The number of benzene rings is 1. The summed E-state index contributed by atoms with van der Waals surface area (Å²) < 4.78 is 7.19. The van der Waals surface area contributed by atoms with Crippen molar-refractivity contribution in [2.75, 3.05) is 7.11 Å². The van der Waals surface area contributed by atoms with Gasteiger partial charge in [0.05, 0.1) is 31.5 Å². The van der Waals surface area contributed by atoms with Crippen LogP contribution in [0.15, 0.2) is 35.3 Å². The fourth-order valence-electron chi connectivity index (χ4n) is 2.17. The van der Waals surface area contributed by atoms with Crippen LogP contribution in [0.1, 0.15) is 9.67 Å². The molecule has 26 heavy (non-hydrogen) atoms. The van der Waals surface area contributed by atoms with Crippen LogP contribution in [0.3, 0.4) is 0 Å². The van der Waals surface area contributed by atoms with Crippen molar-refractivity contribution in [1.82, 2.24) is 4.57 Å². The van der Waals surface area contributed by atoms with E-state index in [0.29, 0.717) is 19.4 Å². The van der Waals surface area contributed by atoms with Crippen LogP contribution in [0.5, 0.6) is 0 Å². The Bertz CT molecular complexity index is 1100. The van der Waals surface area contributed by atoms with E-state index in [0.717, 1.165) is 22.7 Å². The summed E-state index contributed by atoms with van der Waals surface area (Å²) in [6.07, 6.45) is 0. The zero-order valence-electron chi connectivity index (χ0n) is 13.2. The molecule has 134 valence electrons. The van der Waals surface area contributed by atoms with Crippen LogP contribution in [-0.4, -0.2) is 28.5 Å². The number of amides is 1. The van der Waals surface area contributed by atoms with E-state index in [2.05, 4.69) is 9.73 Å². The minimum atomic E-state index is -0.565. The second-order valence-corrected chi connectivity index (χ2v) is 7.70. The third kappa shape index (κ3) is 3.66. The van der Waals surface area contributed by atoms with Crippen LogP contribution in [0.25, 0.3) is 10.2 Å². The largest absolute Gasteiger partial charge is 0.468 e. The Hall–Kier alpha value is -2.56. The standard InChI is InChI=1S/C15H10ClN3O5S2/c1-24-13(20)7-18-9-6-8(19(22)23)2-3-10(9)26-15(18)17-14(21)11-4-5-12(16)25-11/h2-6H,7H2,1H3. The second kappa shape index (κ2) is 7.36. The number of methoxy groups -OCH3 is 1. The van der Waals surface area contributed by atoms with Crippen molar-refractivity contribution in [2.45, 2.75) is 6.54 Å². The van der Waals surface area contributed by atoms with Gasteiger partial charge in [0.15, 0.2) is 4.80 Å². The summed E-state index contributed by atoms with van der Waals surface area (Å²) in [7, 11) is 1.23. The van der Waals surface area contributed by atoms with Crippen LogP contribution >= 0.6 is 34.3 Å². The van der Waals surface area contributed by atoms with Crippen molar-refractivity contribution in [3.63, 3.8) is 0 Å². The lowest BCUT2D eigenvalue weighted by molar-refractivity contribution is -0.384. The van der Waals surface area contributed by atoms with Crippen LogP contribution in [-0.2, 0) is 16.1 Å². The number of carbonyl (C=O) groups is 2. The van der Waals surface area contributed by atoms with Crippen LogP contribution in [0.2, 0.25) is 4.34 Å². The van der Waals surface area contributed by atoms with E-state index in [9.17, 15) is 19.7 Å². The van der Waals surface area contributed by atoms with E-state index in [-0.39, 0.29) is 17.0 Å². The van der Waals surface area contributed by atoms with Gasteiger partial charge < -0.3 is 9.30 Å². The van der Waals surface area contributed by atoms with Crippen LogP contribution in [0, 0.1) is 10.1 Å². The minimum absolute atomic E-state index is 0.128. The van der Waals surface area contributed by atoms with Gasteiger partial charge in [-0.2, -0.15) is 4.99 Å². The zero-order chi connectivity index (χ0) is 18.8. The van der Waals surface area contributed by atoms with E-state index in [1.165, 1.54) is 23.8 Å². The number of non-ortho nitro benzene ring substituents is 1. The number of halogens is 1. The second-order valence-electron chi connectivity index (χ2n) is 4.98. The summed E-state index contributed by atoms with van der Waals surface area (Å²) in [5.41, 5.74) is 0.294. The Morgan fingerprint density at radius 2 is 2.08 bits per heavy atom. The SMILES string of the molecule is COC(=O)Cn1c(=NC(=O)c2ccc(Cl)s2)sc2ccc([N+](=O)[O-])cc21. The number of rotatable bonds is 4. The lowest BCUT2D eigenvalue weighted by Crippen LogP contribution is -2.22. The van der Waals surface area contributed by atoms with Gasteiger partial charge in [-0.25, -0.2) is 0 Å². The van der Waals surface area contributed by atoms with Gasteiger partial charge >= 0.3 is 5.97 Å². The predicted octanol–water partition coefficient (Wildman–Crippen LogP) is 3.24. The number of nitro benzene ring substituents is 1. The molecule has 0 N–H and O–H groups in total. The first-order valence-corrected chi connectivity index (χ1v) is 9.09. The molecule has 0 aliphatic rings. The highest BCUT2D eigenvalue weighted by Gasteiger charge is 2.16. The van der Waals surface area contributed by atoms with Crippen LogP contribution in [0.4, 0.5) is 5.69 Å². The smallest absolute Gasteiger partial charge is 0.325 e. The van der Waals surface area contributed by atoms with Crippen molar-refractivity contribution in [1.29, 1.82) is 0 Å². The number of hydrogen-bond donors (Lipinski definition) is 0. The number of aromatic nitrogens is 1. The Morgan fingerprint density at radius 1 is 1.31 bits per heavy atom. The average Bonchev–Trinajstić information content (AvgIpc) is 3.18. The lowest BCUT2D eigenvalue weighted by Gasteiger charge is -2.03. The molecule has 2 heterocycles. The summed E-state index contributed by atoms with van der Waals surface area (Å²) >= 11 is 8.07. The normalized spacial score (nSPS) is 11.7. The van der Waals surface area contributed by atoms with E-state index in [1.54, 1.807) is 18.2 Å². The summed E-state index contributed by atoms with van der Waals surface area (Å²) in [5, 5.41) is 11.0. The van der Waals surface area contributed by atoms with Crippen molar-refractivity contribution in [3.8, 4) is 0 Å². The molecule has 8 nitrogen and oxygen atoms in total. The molecule has 2 aromatic heterocycles. The number of ether oxygens (including phenoxy) is 1. The molecule has 1 aromatic carbocycles. The molecule has 11 heteroatoms. The van der Waals surface area contributed by atoms with Gasteiger partial charge in [0.2, 0.25) is 0 Å².